The van der Waals surface area contributed by atoms with Crippen molar-refractivity contribution < 1.29 is 5.11 Å². The summed E-state index contributed by atoms with van der Waals surface area (Å²) in [5, 5.41) is 21.9. The second-order valence-corrected chi connectivity index (χ2v) is 3.93. The summed E-state index contributed by atoms with van der Waals surface area (Å²) in [6, 6.07) is 1.84. The van der Waals surface area contributed by atoms with Gasteiger partial charge >= 0.3 is 0 Å². The van der Waals surface area contributed by atoms with E-state index < -0.39 is 5.60 Å². The van der Waals surface area contributed by atoms with Gasteiger partial charge in [-0.3, -0.25) is 4.68 Å². The molecule has 1 aliphatic rings. The highest BCUT2D eigenvalue weighted by atomic mass is 16.3. The summed E-state index contributed by atoms with van der Waals surface area (Å²) in [5.74, 6) is 0.709. The summed E-state index contributed by atoms with van der Waals surface area (Å²) in [7, 11) is 1.84. The third-order valence-electron chi connectivity index (χ3n) is 2.63. The Labute approximate surface area is 86.1 Å². The van der Waals surface area contributed by atoms with Crippen LogP contribution in [0.4, 0.5) is 0 Å². The minimum Gasteiger partial charge on any atom is -0.383 e. The van der Waals surface area contributed by atoms with Gasteiger partial charge in [-0.15, -0.1) is 5.10 Å². The van der Waals surface area contributed by atoms with Crippen LogP contribution in [0.25, 0.3) is 5.82 Å². The fourth-order valence-electron chi connectivity index (χ4n) is 1.49. The predicted molar refractivity (Wildman–Crippen MR) is 51.3 cm³/mol. The number of hydrogen-bond acceptors (Lipinski definition) is 4. The smallest absolute Gasteiger partial charge is 0.176 e. The summed E-state index contributed by atoms with van der Waals surface area (Å²) in [4.78, 5) is 0. The van der Waals surface area contributed by atoms with Gasteiger partial charge in [-0.05, 0) is 12.8 Å². The van der Waals surface area contributed by atoms with Crippen molar-refractivity contribution in [2.45, 2.75) is 18.4 Å². The first-order valence-corrected chi connectivity index (χ1v) is 4.83. The van der Waals surface area contributed by atoms with Crippen LogP contribution < -0.4 is 0 Å². The lowest BCUT2D eigenvalue weighted by molar-refractivity contribution is 0.146. The lowest BCUT2D eigenvalue weighted by Gasteiger charge is -1.98. The molecule has 0 unspecified atom stereocenters. The number of rotatable bonds is 2. The maximum Gasteiger partial charge on any atom is 0.176 e. The van der Waals surface area contributed by atoms with E-state index in [1.807, 2.05) is 19.3 Å². The number of nitrogens with zero attached hydrogens (tertiary/aromatic N) is 5. The highest BCUT2D eigenvalue weighted by molar-refractivity contribution is 5.22. The number of aryl methyl sites for hydroxylation is 1. The first-order chi connectivity index (χ1) is 7.17. The Kier molecular flexibility index (Phi) is 1.53. The van der Waals surface area contributed by atoms with Crippen molar-refractivity contribution in [3.63, 3.8) is 0 Å². The van der Waals surface area contributed by atoms with Gasteiger partial charge in [-0.25, -0.2) is 4.68 Å². The van der Waals surface area contributed by atoms with Gasteiger partial charge in [0.05, 0.1) is 6.20 Å². The normalized spacial score (nSPS) is 18.0. The molecule has 2 aromatic heterocycles. The van der Waals surface area contributed by atoms with E-state index in [1.54, 1.807) is 15.6 Å². The average molecular weight is 205 g/mol. The maximum absolute atomic E-state index is 9.82. The minimum absolute atomic E-state index is 0.633. The monoisotopic (exact) mass is 205 g/mol. The van der Waals surface area contributed by atoms with Gasteiger partial charge in [0.25, 0.3) is 0 Å². The molecule has 1 saturated carbocycles. The molecule has 6 nitrogen and oxygen atoms in total. The third-order valence-corrected chi connectivity index (χ3v) is 2.63. The topological polar surface area (TPSA) is 68.8 Å². The van der Waals surface area contributed by atoms with E-state index in [1.165, 1.54) is 0 Å². The largest absolute Gasteiger partial charge is 0.383 e. The zero-order valence-electron chi connectivity index (χ0n) is 8.33. The molecule has 0 aromatic carbocycles. The molecule has 2 aromatic rings. The molecule has 3 rings (SSSR count). The van der Waals surface area contributed by atoms with E-state index in [0.717, 1.165) is 12.8 Å². The number of aliphatic hydroxyl groups is 1. The Bertz CT molecular complexity index is 496. The number of hydrogen-bond donors (Lipinski definition) is 1. The van der Waals surface area contributed by atoms with Crippen molar-refractivity contribution in [3.05, 3.63) is 24.2 Å². The summed E-state index contributed by atoms with van der Waals surface area (Å²) in [6.07, 6.45) is 5.11. The van der Waals surface area contributed by atoms with Crippen LogP contribution in [-0.2, 0) is 12.6 Å². The van der Waals surface area contributed by atoms with Crippen LogP contribution in [0.2, 0.25) is 0 Å². The minimum atomic E-state index is -0.729. The molecule has 15 heavy (non-hydrogen) atoms. The molecule has 0 aliphatic heterocycles. The Hall–Kier alpha value is -1.69. The lowest BCUT2D eigenvalue weighted by atomic mass is 10.2. The zero-order valence-corrected chi connectivity index (χ0v) is 8.33. The average Bonchev–Trinajstić information content (AvgIpc) is 2.72. The Balaban J connectivity index is 1.97. The van der Waals surface area contributed by atoms with Crippen molar-refractivity contribution in [1.82, 2.24) is 24.8 Å². The first kappa shape index (κ1) is 8.60. The van der Waals surface area contributed by atoms with E-state index >= 15 is 0 Å². The van der Waals surface area contributed by atoms with Gasteiger partial charge in [0.15, 0.2) is 5.82 Å². The quantitative estimate of drug-likeness (QED) is 0.748. The standard InChI is InChI=1S/C9H11N5O/c1-13-5-2-8(11-13)14-6-7(10-12-14)9(15)3-4-9/h2,5-6,15H,3-4H2,1H3. The first-order valence-electron chi connectivity index (χ1n) is 4.83. The SMILES string of the molecule is Cn1ccc(-n2cc(C3(O)CC3)nn2)n1. The Morgan fingerprint density at radius 2 is 2.27 bits per heavy atom. The Morgan fingerprint density at radius 3 is 2.87 bits per heavy atom. The van der Waals surface area contributed by atoms with E-state index in [0.29, 0.717) is 11.5 Å². The van der Waals surface area contributed by atoms with Gasteiger partial charge < -0.3 is 5.11 Å². The van der Waals surface area contributed by atoms with E-state index in [2.05, 4.69) is 15.4 Å². The molecular formula is C9H11N5O. The van der Waals surface area contributed by atoms with Gasteiger partial charge in [0.1, 0.15) is 11.3 Å². The molecule has 0 atom stereocenters. The van der Waals surface area contributed by atoms with Crippen molar-refractivity contribution in [1.29, 1.82) is 0 Å². The second kappa shape index (κ2) is 2.66. The van der Waals surface area contributed by atoms with Gasteiger partial charge in [-0.2, -0.15) is 5.10 Å². The van der Waals surface area contributed by atoms with Crippen LogP contribution in [0.5, 0.6) is 0 Å². The molecule has 0 radical (unpaired) electrons. The summed E-state index contributed by atoms with van der Waals surface area (Å²) in [6.45, 7) is 0. The fourth-order valence-corrected chi connectivity index (χ4v) is 1.49. The molecule has 1 N–H and O–H groups in total. The molecular weight excluding hydrogens is 194 g/mol. The fraction of sp³-hybridized carbons (Fsp3) is 0.444. The molecule has 0 amide bonds. The van der Waals surface area contributed by atoms with Crippen LogP contribution >= 0.6 is 0 Å². The maximum atomic E-state index is 9.82. The molecule has 0 saturated heterocycles. The van der Waals surface area contributed by atoms with E-state index in [9.17, 15) is 5.11 Å². The molecule has 2 heterocycles. The van der Waals surface area contributed by atoms with Crippen molar-refractivity contribution >= 4 is 0 Å². The summed E-state index contributed by atoms with van der Waals surface area (Å²) >= 11 is 0. The molecule has 0 bridgehead atoms. The van der Waals surface area contributed by atoms with Crippen LogP contribution in [-0.4, -0.2) is 29.9 Å². The highest BCUT2D eigenvalue weighted by Crippen LogP contribution is 2.44. The van der Waals surface area contributed by atoms with Gasteiger partial charge in [-0.1, -0.05) is 5.21 Å². The molecule has 0 spiro atoms. The predicted octanol–water partition coefficient (Wildman–Crippen LogP) is -0.0178. The van der Waals surface area contributed by atoms with Crippen LogP contribution in [0.3, 0.4) is 0 Å². The van der Waals surface area contributed by atoms with E-state index in [-0.39, 0.29) is 0 Å². The van der Waals surface area contributed by atoms with Crippen LogP contribution in [0.1, 0.15) is 18.5 Å². The van der Waals surface area contributed by atoms with Crippen molar-refractivity contribution in [3.8, 4) is 5.82 Å². The van der Waals surface area contributed by atoms with E-state index in [4.69, 9.17) is 0 Å². The second-order valence-electron chi connectivity index (χ2n) is 3.93. The Morgan fingerprint density at radius 1 is 1.47 bits per heavy atom. The molecule has 6 heteroatoms. The summed E-state index contributed by atoms with van der Waals surface area (Å²) < 4.78 is 3.27. The lowest BCUT2D eigenvalue weighted by Crippen LogP contribution is -2.04. The van der Waals surface area contributed by atoms with Crippen LogP contribution in [0, 0.1) is 0 Å². The van der Waals surface area contributed by atoms with Crippen LogP contribution in [0.15, 0.2) is 18.5 Å². The summed E-state index contributed by atoms with van der Waals surface area (Å²) in [5.41, 5.74) is -0.0966. The van der Waals surface area contributed by atoms with Gasteiger partial charge in [0.2, 0.25) is 0 Å². The molecule has 1 fully saturated rings. The van der Waals surface area contributed by atoms with Crippen molar-refractivity contribution in [2.24, 2.45) is 7.05 Å². The van der Waals surface area contributed by atoms with Gasteiger partial charge in [0, 0.05) is 19.3 Å². The molecule has 1 aliphatic carbocycles. The highest BCUT2D eigenvalue weighted by Gasteiger charge is 2.44. The van der Waals surface area contributed by atoms with Crippen molar-refractivity contribution in [2.75, 3.05) is 0 Å². The zero-order chi connectivity index (χ0) is 10.5. The molecule has 78 valence electrons. The third kappa shape index (κ3) is 1.33. The number of aromatic nitrogens is 5.